The average Bonchev–Trinajstić information content (AvgIpc) is 2.84. The van der Waals surface area contributed by atoms with Crippen LogP contribution in [-0.2, 0) is 6.42 Å². The van der Waals surface area contributed by atoms with Crippen molar-refractivity contribution in [1.82, 2.24) is 5.32 Å². The summed E-state index contributed by atoms with van der Waals surface area (Å²) in [6, 6.07) is 9.85. The van der Waals surface area contributed by atoms with Gasteiger partial charge in [0.15, 0.2) is 0 Å². The summed E-state index contributed by atoms with van der Waals surface area (Å²) in [4.78, 5) is 23.4. The van der Waals surface area contributed by atoms with Crippen LogP contribution in [0.5, 0.6) is 0 Å². The minimum Gasteiger partial charge on any atom is -0.351 e. The first-order chi connectivity index (χ1) is 9.58. The Bertz CT molecular complexity index is 642. The molecule has 0 saturated carbocycles. The molecule has 104 valence electrons. The standard InChI is InChI=1S/C13H11BrN2O3S/c14-12-6-5-9(20-12)7-8-15-13(17)10-3-1-2-4-11(10)16(18)19/h1-6H,7-8H2,(H,15,17). The number of amides is 1. The third-order valence-corrected chi connectivity index (χ3v) is 4.31. The summed E-state index contributed by atoms with van der Waals surface area (Å²) in [5.74, 6) is -0.423. The minimum atomic E-state index is -0.550. The van der Waals surface area contributed by atoms with Crippen molar-refractivity contribution in [2.45, 2.75) is 6.42 Å². The maximum atomic E-state index is 11.9. The fourth-order valence-electron chi connectivity index (χ4n) is 1.71. The molecule has 1 aromatic carbocycles. The Kier molecular flexibility index (Phi) is 4.86. The van der Waals surface area contributed by atoms with Gasteiger partial charge in [0.2, 0.25) is 0 Å². The number of nitro groups is 1. The van der Waals surface area contributed by atoms with Gasteiger partial charge in [-0.25, -0.2) is 0 Å². The van der Waals surface area contributed by atoms with Crippen molar-refractivity contribution >= 4 is 38.9 Å². The number of thiophene rings is 1. The van der Waals surface area contributed by atoms with E-state index in [1.54, 1.807) is 17.4 Å². The van der Waals surface area contributed by atoms with Gasteiger partial charge in [-0.1, -0.05) is 12.1 Å². The lowest BCUT2D eigenvalue weighted by Gasteiger charge is -2.04. The molecule has 1 amide bonds. The minimum absolute atomic E-state index is 0.0878. The van der Waals surface area contributed by atoms with E-state index in [-0.39, 0.29) is 11.3 Å². The van der Waals surface area contributed by atoms with Gasteiger partial charge >= 0.3 is 0 Å². The lowest BCUT2D eigenvalue weighted by atomic mass is 10.1. The van der Waals surface area contributed by atoms with E-state index in [2.05, 4.69) is 21.2 Å². The molecule has 1 aromatic heterocycles. The SMILES string of the molecule is O=C(NCCc1ccc(Br)s1)c1ccccc1[N+](=O)[O-]. The van der Waals surface area contributed by atoms with Crippen molar-refractivity contribution in [3.8, 4) is 0 Å². The van der Waals surface area contributed by atoms with Gasteiger partial charge in [0, 0.05) is 17.5 Å². The second kappa shape index (κ2) is 6.62. The molecule has 0 spiro atoms. The van der Waals surface area contributed by atoms with Gasteiger partial charge in [-0.05, 0) is 40.5 Å². The molecular weight excluding hydrogens is 344 g/mol. The first kappa shape index (κ1) is 14.7. The van der Waals surface area contributed by atoms with E-state index in [0.29, 0.717) is 13.0 Å². The molecule has 0 aliphatic rings. The number of hydrogen-bond acceptors (Lipinski definition) is 4. The van der Waals surface area contributed by atoms with Crippen LogP contribution < -0.4 is 5.32 Å². The summed E-state index contributed by atoms with van der Waals surface area (Å²) in [6.45, 7) is 0.442. The van der Waals surface area contributed by atoms with Gasteiger partial charge in [0.1, 0.15) is 5.56 Å². The number of hydrogen-bond donors (Lipinski definition) is 1. The maximum Gasteiger partial charge on any atom is 0.282 e. The Morgan fingerprint density at radius 1 is 1.30 bits per heavy atom. The smallest absolute Gasteiger partial charge is 0.282 e. The zero-order valence-corrected chi connectivity index (χ0v) is 12.7. The molecule has 0 radical (unpaired) electrons. The normalized spacial score (nSPS) is 10.2. The highest BCUT2D eigenvalue weighted by molar-refractivity contribution is 9.11. The van der Waals surface area contributed by atoms with Gasteiger partial charge in [0.25, 0.3) is 11.6 Å². The quantitative estimate of drug-likeness (QED) is 0.660. The Labute approximate surface area is 127 Å². The summed E-state index contributed by atoms with van der Waals surface area (Å²) in [7, 11) is 0. The summed E-state index contributed by atoms with van der Waals surface area (Å²) in [6.07, 6.45) is 0.697. The van der Waals surface area contributed by atoms with E-state index < -0.39 is 10.8 Å². The Balaban J connectivity index is 1.97. The van der Waals surface area contributed by atoms with Gasteiger partial charge in [-0.3, -0.25) is 14.9 Å². The van der Waals surface area contributed by atoms with Crippen molar-refractivity contribution in [1.29, 1.82) is 0 Å². The first-order valence-corrected chi connectivity index (χ1v) is 7.44. The topological polar surface area (TPSA) is 72.2 Å². The van der Waals surface area contributed by atoms with E-state index in [1.165, 1.54) is 18.2 Å². The molecule has 0 atom stereocenters. The molecule has 0 aliphatic carbocycles. The molecule has 0 unspecified atom stereocenters. The van der Waals surface area contributed by atoms with Crippen molar-refractivity contribution in [2.24, 2.45) is 0 Å². The Hall–Kier alpha value is -1.73. The molecular formula is C13H11BrN2O3S. The number of nitrogens with zero attached hydrogens (tertiary/aromatic N) is 1. The predicted molar refractivity (Wildman–Crippen MR) is 81.2 cm³/mol. The molecule has 0 aliphatic heterocycles. The number of para-hydroxylation sites is 1. The highest BCUT2D eigenvalue weighted by atomic mass is 79.9. The van der Waals surface area contributed by atoms with Gasteiger partial charge in [-0.15, -0.1) is 11.3 Å². The summed E-state index contributed by atoms with van der Waals surface area (Å²) >= 11 is 4.97. The number of nitrogens with one attached hydrogen (secondary N) is 1. The van der Waals surface area contributed by atoms with Crippen molar-refractivity contribution in [3.05, 3.63) is 60.7 Å². The van der Waals surface area contributed by atoms with E-state index in [0.717, 1.165) is 8.66 Å². The van der Waals surface area contributed by atoms with E-state index in [9.17, 15) is 14.9 Å². The summed E-state index contributed by atoms with van der Waals surface area (Å²) in [5.41, 5.74) is -0.0891. The Morgan fingerprint density at radius 3 is 2.70 bits per heavy atom. The van der Waals surface area contributed by atoms with Crippen molar-refractivity contribution in [3.63, 3.8) is 0 Å². The number of nitro benzene ring substituents is 1. The van der Waals surface area contributed by atoms with E-state index >= 15 is 0 Å². The number of rotatable bonds is 5. The van der Waals surface area contributed by atoms with Crippen LogP contribution in [0.2, 0.25) is 0 Å². The van der Waals surface area contributed by atoms with Crippen molar-refractivity contribution in [2.75, 3.05) is 6.54 Å². The first-order valence-electron chi connectivity index (χ1n) is 5.84. The third-order valence-electron chi connectivity index (χ3n) is 2.63. The molecule has 2 aromatic rings. The second-order valence-electron chi connectivity index (χ2n) is 3.99. The predicted octanol–water partition coefficient (Wildman–Crippen LogP) is 3.39. The summed E-state index contributed by atoms with van der Waals surface area (Å²) in [5, 5.41) is 13.5. The highest BCUT2D eigenvalue weighted by Gasteiger charge is 2.18. The average molecular weight is 355 g/mol. The van der Waals surface area contributed by atoms with Crippen LogP contribution in [-0.4, -0.2) is 17.4 Å². The lowest BCUT2D eigenvalue weighted by molar-refractivity contribution is -0.385. The van der Waals surface area contributed by atoms with Gasteiger partial charge in [0.05, 0.1) is 8.71 Å². The molecule has 2 rings (SSSR count). The zero-order valence-electron chi connectivity index (χ0n) is 10.3. The van der Waals surface area contributed by atoms with Gasteiger partial charge < -0.3 is 5.32 Å². The lowest BCUT2D eigenvalue weighted by Crippen LogP contribution is -2.26. The summed E-state index contributed by atoms with van der Waals surface area (Å²) < 4.78 is 1.04. The molecule has 0 saturated heterocycles. The maximum absolute atomic E-state index is 11.9. The van der Waals surface area contributed by atoms with E-state index in [1.807, 2.05) is 12.1 Å². The van der Waals surface area contributed by atoms with Gasteiger partial charge in [-0.2, -0.15) is 0 Å². The molecule has 5 nitrogen and oxygen atoms in total. The molecule has 20 heavy (non-hydrogen) atoms. The molecule has 0 bridgehead atoms. The second-order valence-corrected chi connectivity index (χ2v) is 6.53. The third kappa shape index (κ3) is 3.64. The molecule has 0 fully saturated rings. The van der Waals surface area contributed by atoms with Crippen LogP contribution in [0.15, 0.2) is 40.2 Å². The largest absolute Gasteiger partial charge is 0.351 e. The monoisotopic (exact) mass is 354 g/mol. The number of benzene rings is 1. The molecule has 7 heteroatoms. The number of halogens is 1. The van der Waals surface area contributed by atoms with Crippen LogP contribution in [0.4, 0.5) is 5.69 Å². The fraction of sp³-hybridized carbons (Fsp3) is 0.154. The highest BCUT2D eigenvalue weighted by Crippen LogP contribution is 2.22. The number of carbonyl (C=O) groups excluding carboxylic acids is 1. The van der Waals surface area contributed by atoms with Crippen molar-refractivity contribution < 1.29 is 9.72 Å². The van der Waals surface area contributed by atoms with Crippen LogP contribution in [0.3, 0.4) is 0 Å². The fourth-order valence-corrected chi connectivity index (χ4v) is 3.19. The van der Waals surface area contributed by atoms with Crippen LogP contribution in [0.25, 0.3) is 0 Å². The molecule has 1 heterocycles. The van der Waals surface area contributed by atoms with Crippen LogP contribution in [0.1, 0.15) is 15.2 Å². The van der Waals surface area contributed by atoms with Crippen LogP contribution >= 0.6 is 27.3 Å². The Morgan fingerprint density at radius 2 is 2.05 bits per heavy atom. The van der Waals surface area contributed by atoms with Crippen LogP contribution in [0, 0.1) is 10.1 Å². The molecule has 1 N–H and O–H groups in total. The zero-order chi connectivity index (χ0) is 14.5. The number of carbonyl (C=O) groups is 1. The van der Waals surface area contributed by atoms with E-state index in [4.69, 9.17) is 0 Å².